The first-order valence-electron chi connectivity index (χ1n) is 5.65. The van der Waals surface area contributed by atoms with Gasteiger partial charge in [0.2, 0.25) is 0 Å². The summed E-state index contributed by atoms with van der Waals surface area (Å²) in [4.78, 5) is 21.5. The van der Waals surface area contributed by atoms with Gasteiger partial charge in [-0.05, 0) is 17.5 Å². The summed E-state index contributed by atoms with van der Waals surface area (Å²) in [6.07, 6.45) is 0.652. The molecule has 2 unspecified atom stereocenters. The van der Waals surface area contributed by atoms with Crippen molar-refractivity contribution >= 4 is 17.3 Å². The molecule has 1 aromatic rings. The number of aliphatic carboxylic acids is 1. The lowest BCUT2D eigenvalue weighted by atomic mass is 9.84. The predicted molar refractivity (Wildman–Crippen MR) is 67.3 cm³/mol. The number of rotatable bonds is 5. The number of carboxylic acids is 1. The molecule has 6 heteroatoms. The average molecular weight is 252 g/mol. The van der Waals surface area contributed by atoms with E-state index in [0.29, 0.717) is 12.0 Å². The normalized spacial score (nSPS) is 13.9. The van der Waals surface area contributed by atoms with Crippen molar-refractivity contribution in [1.82, 2.24) is 0 Å². The summed E-state index contributed by atoms with van der Waals surface area (Å²) in [5, 5.41) is 20.0. The molecule has 6 nitrogen and oxygen atoms in total. The molecule has 0 aromatic heterocycles. The van der Waals surface area contributed by atoms with Crippen molar-refractivity contribution in [3.8, 4) is 0 Å². The van der Waals surface area contributed by atoms with Crippen molar-refractivity contribution in [2.75, 3.05) is 5.73 Å². The van der Waals surface area contributed by atoms with E-state index in [4.69, 9.17) is 5.73 Å². The number of non-ortho nitro benzene ring substituents is 1. The van der Waals surface area contributed by atoms with Crippen molar-refractivity contribution in [2.45, 2.75) is 26.2 Å². The van der Waals surface area contributed by atoms with Gasteiger partial charge in [-0.15, -0.1) is 0 Å². The van der Waals surface area contributed by atoms with E-state index in [2.05, 4.69) is 0 Å². The maximum absolute atomic E-state index is 11.3. The molecule has 1 aromatic carbocycles. The zero-order valence-corrected chi connectivity index (χ0v) is 10.3. The van der Waals surface area contributed by atoms with Crippen LogP contribution in [0.2, 0.25) is 0 Å². The third kappa shape index (κ3) is 2.77. The lowest BCUT2D eigenvalue weighted by molar-refractivity contribution is -0.384. The number of nitrogens with two attached hydrogens (primary N) is 1. The van der Waals surface area contributed by atoms with Crippen LogP contribution >= 0.6 is 0 Å². The summed E-state index contributed by atoms with van der Waals surface area (Å²) < 4.78 is 0. The Bertz CT molecular complexity index is 473. The van der Waals surface area contributed by atoms with Gasteiger partial charge in [0, 0.05) is 17.8 Å². The molecule has 2 atom stereocenters. The Hall–Kier alpha value is -2.11. The minimum atomic E-state index is -1.02. The van der Waals surface area contributed by atoms with Crippen molar-refractivity contribution < 1.29 is 14.8 Å². The molecular weight excluding hydrogens is 236 g/mol. The molecule has 0 aliphatic carbocycles. The third-order valence-corrected chi connectivity index (χ3v) is 3.10. The fraction of sp³-hybridized carbons (Fsp3) is 0.417. The standard InChI is InChI=1S/C12H16N2O4/c1-3-7(2)11(12(15)16)9-6-8(14(17)18)4-5-10(9)13/h4-7,11H,3,13H2,1-2H3,(H,15,16). The Morgan fingerprint density at radius 2 is 2.17 bits per heavy atom. The van der Waals surface area contributed by atoms with Crippen LogP contribution in [0.1, 0.15) is 31.7 Å². The molecule has 0 radical (unpaired) electrons. The van der Waals surface area contributed by atoms with Gasteiger partial charge in [0.15, 0.2) is 0 Å². The highest BCUT2D eigenvalue weighted by Crippen LogP contribution is 2.33. The highest BCUT2D eigenvalue weighted by Gasteiger charge is 2.28. The van der Waals surface area contributed by atoms with E-state index in [0.717, 1.165) is 0 Å². The highest BCUT2D eigenvalue weighted by molar-refractivity contribution is 5.79. The van der Waals surface area contributed by atoms with E-state index >= 15 is 0 Å². The fourth-order valence-electron chi connectivity index (χ4n) is 1.86. The highest BCUT2D eigenvalue weighted by atomic mass is 16.6. The van der Waals surface area contributed by atoms with Crippen molar-refractivity contribution in [3.05, 3.63) is 33.9 Å². The summed E-state index contributed by atoms with van der Waals surface area (Å²) in [5.74, 6) is -1.99. The second kappa shape index (κ2) is 5.48. The molecule has 0 saturated carbocycles. The molecule has 98 valence electrons. The molecule has 0 heterocycles. The monoisotopic (exact) mass is 252 g/mol. The molecule has 0 amide bonds. The molecule has 0 aliphatic heterocycles. The minimum Gasteiger partial charge on any atom is -0.481 e. The first-order chi connectivity index (χ1) is 8.38. The molecule has 0 fully saturated rings. The van der Waals surface area contributed by atoms with Gasteiger partial charge < -0.3 is 10.8 Å². The number of hydrogen-bond donors (Lipinski definition) is 2. The summed E-state index contributed by atoms with van der Waals surface area (Å²) in [6, 6.07) is 3.90. The number of carboxylic acid groups (broad SMARTS) is 1. The summed E-state index contributed by atoms with van der Waals surface area (Å²) in [7, 11) is 0. The topological polar surface area (TPSA) is 106 Å². The number of anilines is 1. The van der Waals surface area contributed by atoms with Crippen LogP contribution in [0.3, 0.4) is 0 Å². The van der Waals surface area contributed by atoms with Gasteiger partial charge in [-0.2, -0.15) is 0 Å². The van der Waals surface area contributed by atoms with Gasteiger partial charge in [-0.25, -0.2) is 0 Å². The van der Waals surface area contributed by atoms with Crippen LogP contribution < -0.4 is 5.73 Å². The minimum absolute atomic E-state index is 0.145. The molecule has 18 heavy (non-hydrogen) atoms. The largest absolute Gasteiger partial charge is 0.481 e. The van der Waals surface area contributed by atoms with E-state index in [1.165, 1.54) is 18.2 Å². The first kappa shape index (κ1) is 14.0. The van der Waals surface area contributed by atoms with Crippen LogP contribution in [0.15, 0.2) is 18.2 Å². The molecule has 0 bridgehead atoms. The second-order valence-electron chi connectivity index (χ2n) is 4.27. The number of hydrogen-bond acceptors (Lipinski definition) is 4. The summed E-state index contributed by atoms with van der Waals surface area (Å²) in [5.41, 5.74) is 6.17. The van der Waals surface area contributed by atoms with Crippen LogP contribution in [-0.4, -0.2) is 16.0 Å². The number of nitrogen functional groups attached to an aromatic ring is 1. The molecule has 0 aliphatic rings. The van der Waals surface area contributed by atoms with Crippen molar-refractivity contribution in [1.29, 1.82) is 0 Å². The van der Waals surface area contributed by atoms with Crippen molar-refractivity contribution in [2.24, 2.45) is 5.92 Å². The molecule has 1 rings (SSSR count). The van der Waals surface area contributed by atoms with Crippen LogP contribution in [0.4, 0.5) is 11.4 Å². The molecule has 0 spiro atoms. The van der Waals surface area contributed by atoms with Crippen molar-refractivity contribution in [3.63, 3.8) is 0 Å². The maximum Gasteiger partial charge on any atom is 0.311 e. The number of nitro groups is 1. The summed E-state index contributed by atoms with van der Waals surface area (Å²) >= 11 is 0. The zero-order chi connectivity index (χ0) is 13.9. The van der Waals surface area contributed by atoms with Gasteiger partial charge in [0.25, 0.3) is 5.69 Å². The van der Waals surface area contributed by atoms with Gasteiger partial charge in [-0.3, -0.25) is 14.9 Å². The third-order valence-electron chi connectivity index (χ3n) is 3.10. The Kier molecular flexibility index (Phi) is 4.25. The van der Waals surface area contributed by atoms with Gasteiger partial charge in [0.05, 0.1) is 10.8 Å². The Morgan fingerprint density at radius 3 is 2.61 bits per heavy atom. The van der Waals surface area contributed by atoms with Crippen LogP contribution in [0.5, 0.6) is 0 Å². The quantitative estimate of drug-likeness (QED) is 0.475. The first-order valence-corrected chi connectivity index (χ1v) is 5.65. The van der Waals surface area contributed by atoms with E-state index in [1.54, 1.807) is 6.92 Å². The van der Waals surface area contributed by atoms with E-state index in [9.17, 15) is 20.0 Å². The Labute approximate surface area is 105 Å². The van der Waals surface area contributed by atoms with E-state index < -0.39 is 16.8 Å². The zero-order valence-electron chi connectivity index (χ0n) is 10.3. The Morgan fingerprint density at radius 1 is 1.56 bits per heavy atom. The maximum atomic E-state index is 11.3. The van der Waals surface area contributed by atoms with Crippen LogP contribution in [0.25, 0.3) is 0 Å². The second-order valence-corrected chi connectivity index (χ2v) is 4.27. The van der Waals surface area contributed by atoms with Gasteiger partial charge in [-0.1, -0.05) is 20.3 Å². The van der Waals surface area contributed by atoms with Crippen LogP contribution in [-0.2, 0) is 4.79 Å². The van der Waals surface area contributed by atoms with Crippen LogP contribution in [0, 0.1) is 16.0 Å². The molecule has 3 N–H and O–H groups in total. The molecular formula is C12H16N2O4. The predicted octanol–water partition coefficient (Wildman–Crippen LogP) is 2.39. The smallest absolute Gasteiger partial charge is 0.311 e. The number of nitro benzene ring substituents is 1. The molecule has 0 saturated heterocycles. The lowest BCUT2D eigenvalue weighted by Gasteiger charge is -2.20. The number of carbonyl (C=O) groups is 1. The number of nitrogens with zero attached hydrogens (tertiary/aromatic N) is 1. The lowest BCUT2D eigenvalue weighted by Crippen LogP contribution is -2.20. The van der Waals surface area contributed by atoms with Gasteiger partial charge >= 0.3 is 5.97 Å². The fourth-order valence-corrected chi connectivity index (χ4v) is 1.86. The van der Waals surface area contributed by atoms with Gasteiger partial charge in [0.1, 0.15) is 0 Å². The van der Waals surface area contributed by atoms with E-state index in [-0.39, 0.29) is 17.3 Å². The van der Waals surface area contributed by atoms with E-state index in [1.807, 2.05) is 6.92 Å². The Balaban J connectivity index is 3.31. The average Bonchev–Trinajstić information content (AvgIpc) is 2.30. The summed E-state index contributed by atoms with van der Waals surface area (Å²) in [6.45, 7) is 3.66. The SMILES string of the molecule is CCC(C)C(C(=O)O)c1cc([N+](=O)[O-])ccc1N. The number of benzene rings is 1.